The molecular formula is C33H25ClINO6S. The lowest BCUT2D eigenvalue weighted by atomic mass is 10.1. The summed E-state index contributed by atoms with van der Waals surface area (Å²) in [4.78, 5) is 30.2. The van der Waals surface area contributed by atoms with Crippen LogP contribution in [-0.4, -0.2) is 35.7 Å². The highest BCUT2D eigenvalue weighted by Gasteiger charge is 2.34. The summed E-state index contributed by atoms with van der Waals surface area (Å²) in [6.07, 6.45) is 1.68. The van der Waals surface area contributed by atoms with E-state index in [1.165, 1.54) is 6.07 Å². The van der Waals surface area contributed by atoms with Crippen LogP contribution in [0.1, 0.15) is 28.4 Å². The Labute approximate surface area is 271 Å². The van der Waals surface area contributed by atoms with E-state index in [1.54, 1.807) is 44.4 Å². The molecule has 4 aromatic carbocycles. The Hall–Kier alpha value is -3.80. The van der Waals surface area contributed by atoms with Crippen LogP contribution >= 0.6 is 46.0 Å². The van der Waals surface area contributed by atoms with Gasteiger partial charge in [-0.15, -0.1) is 0 Å². The molecule has 0 atom stereocenters. The average molecular weight is 726 g/mol. The van der Waals surface area contributed by atoms with Gasteiger partial charge < -0.3 is 19.3 Å². The number of carbonyl (C=O) groups excluding carboxylic acids is 2. The first-order valence-corrected chi connectivity index (χ1v) is 15.4. The summed E-state index contributed by atoms with van der Waals surface area (Å²) < 4.78 is 17.8. The van der Waals surface area contributed by atoms with Crippen LogP contribution in [0.2, 0.25) is 5.02 Å². The fourth-order valence-corrected chi connectivity index (χ4v) is 6.47. The van der Waals surface area contributed by atoms with E-state index in [1.807, 2.05) is 30.3 Å². The molecule has 0 bridgehead atoms. The minimum atomic E-state index is -0.786. The molecule has 4 aromatic rings. The van der Waals surface area contributed by atoms with Crippen molar-refractivity contribution in [3.63, 3.8) is 0 Å². The summed E-state index contributed by atoms with van der Waals surface area (Å²) in [5, 5.41) is 13.6. The van der Waals surface area contributed by atoms with Crippen LogP contribution in [0.4, 0.5) is 0 Å². The van der Waals surface area contributed by atoms with E-state index in [-0.39, 0.29) is 33.6 Å². The van der Waals surface area contributed by atoms with E-state index >= 15 is 0 Å². The lowest BCUT2D eigenvalue weighted by Gasteiger charge is -2.15. The number of thioether (sulfide) groups is 1. The highest BCUT2D eigenvalue weighted by Crippen LogP contribution is 2.41. The number of fused-ring (bicyclic) bond motifs is 1. The van der Waals surface area contributed by atoms with Crippen LogP contribution in [-0.2, 0) is 16.1 Å². The number of esters is 1. The number of hydrogen-bond acceptors (Lipinski definition) is 7. The maximum atomic E-state index is 12.9. The molecule has 0 aromatic heterocycles. The smallest absolute Gasteiger partial charge is 0.344 e. The summed E-state index contributed by atoms with van der Waals surface area (Å²) in [7, 11) is 1.55. The van der Waals surface area contributed by atoms with Crippen molar-refractivity contribution in [2.45, 2.75) is 13.5 Å². The molecule has 1 N–H and O–H groups in total. The third-order valence-electron chi connectivity index (χ3n) is 6.48. The first kappa shape index (κ1) is 30.7. The topological polar surface area (TPSA) is 94.4 Å². The molecule has 7 nitrogen and oxygen atoms in total. The maximum absolute atomic E-state index is 12.9. The lowest BCUT2D eigenvalue weighted by Crippen LogP contribution is -2.14. The summed E-state index contributed by atoms with van der Waals surface area (Å²) in [5.41, 5.74) is 1.71. The van der Waals surface area contributed by atoms with Crippen molar-refractivity contribution in [1.29, 1.82) is 0 Å². The first-order chi connectivity index (χ1) is 20.8. The average Bonchev–Trinajstić information content (AvgIpc) is 3.30. The zero-order valence-corrected chi connectivity index (χ0v) is 26.8. The predicted octanol–water partition coefficient (Wildman–Crippen LogP) is 8.39. The molecule has 0 saturated heterocycles. The minimum absolute atomic E-state index is 0.0174. The fraction of sp³-hybridized carbons (Fsp3) is 0.121. The molecule has 1 amide bonds. The third kappa shape index (κ3) is 6.74. The Morgan fingerprint density at radius 3 is 2.56 bits per heavy atom. The second-order valence-electron chi connectivity index (χ2n) is 9.22. The van der Waals surface area contributed by atoms with Crippen molar-refractivity contribution < 1.29 is 28.9 Å². The Bertz CT molecular complexity index is 1830. The Morgan fingerprint density at radius 1 is 1.05 bits per heavy atom. The summed E-state index contributed by atoms with van der Waals surface area (Å²) in [6.45, 7) is 2.08. The highest BCUT2D eigenvalue weighted by atomic mass is 127. The van der Waals surface area contributed by atoms with Crippen molar-refractivity contribution in [3.8, 4) is 11.5 Å². The van der Waals surface area contributed by atoms with Crippen LogP contribution in [0.15, 0.2) is 100 Å². The number of methoxy groups -OCH3 is 1. The van der Waals surface area contributed by atoms with Crippen LogP contribution < -0.4 is 9.47 Å². The third-order valence-corrected chi connectivity index (χ3v) is 8.63. The summed E-state index contributed by atoms with van der Waals surface area (Å²) in [5.74, 6) is -0.686. The van der Waals surface area contributed by atoms with E-state index in [0.29, 0.717) is 28.6 Å². The number of nitrogens with zero attached hydrogens (tertiary/aromatic N) is 1. The quantitative estimate of drug-likeness (QED) is 0.144. The van der Waals surface area contributed by atoms with Gasteiger partial charge in [0.05, 0.1) is 32.8 Å². The number of aliphatic imine (C=N–C) groups is 1. The van der Waals surface area contributed by atoms with E-state index in [4.69, 9.17) is 25.8 Å². The molecule has 1 aliphatic heterocycles. The van der Waals surface area contributed by atoms with Crippen molar-refractivity contribution in [2.75, 3.05) is 13.7 Å². The number of ether oxygens (including phenoxy) is 3. The zero-order chi connectivity index (χ0) is 30.5. The number of aliphatic hydroxyl groups excluding tert-OH is 1. The van der Waals surface area contributed by atoms with Gasteiger partial charge in [-0.1, -0.05) is 78.0 Å². The first-order valence-electron chi connectivity index (χ1n) is 13.2. The number of hydrogen-bond donors (Lipinski definition) is 1. The van der Waals surface area contributed by atoms with Gasteiger partial charge in [0.25, 0.3) is 5.91 Å². The van der Waals surface area contributed by atoms with Gasteiger partial charge in [0.2, 0.25) is 0 Å². The maximum Gasteiger partial charge on any atom is 0.344 e. The molecule has 0 radical (unpaired) electrons. The number of aliphatic hydroxyl groups is 1. The molecular weight excluding hydrogens is 701 g/mol. The largest absolute Gasteiger partial charge is 0.506 e. The van der Waals surface area contributed by atoms with Gasteiger partial charge in [0, 0.05) is 0 Å². The molecule has 43 heavy (non-hydrogen) atoms. The van der Waals surface area contributed by atoms with Crippen LogP contribution in [0.3, 0.4) is 0 Å². The van der Waals surface area contributed by atoms with Gasteiger partial charge in [-0.25, -0.2) is 9.79 Å². The number of halogens is 2. The highest BCUT2D eigenvalue weighted by molar-refractivity contribution is 14.1. The van der Waals surface area contributed by atoms with Crippen molar-refractivity contribution in [1.82, 2.24) is 0 Å². The van der Waals surface area contributed by atoms with Crippen molar-refractivity contribution >= 4 is 79.7 Å². The van der Waals surface area contributed by atoms with Crippen LogP contribution in [0, 0.1) is 3.57 Å². The normalized spacial score (nSPS) is 14.9. The van der Waals surface area contributed by atoms with Gasteiger partial charge in [0.1, 0.15) is 23.0 Å². The number of benzene rings is 4. The van der Waals surface area contributed by atoms with Gasteiger partial charge in [-0.2, -0.15) is 0 Å². The minimum Gasteiger partial charge on any atom is -0.506 e. The molecule has 0 saturated carbocycles. The number of carbonyl (C=O) groups is 2. The van der Waals surface area contributed by atoms with Crippen molar-refractivity contribution in [3.05, 3.63) is 120 Å². The van der Waals surface area contributed by atoms with E-state index in [0.717, 1.165) is 31.7 Å². The number of amides is 1. The molecule has 0 unspecified atom stereocenters. The number of rotatable bonds is 8. The van der Waals surface area contributed by atoms with Crippen LogP contribution in [0.25, 0.3) is 16.8 Å². The summed E-state index contributed by atoms with van der Waals surface area (Å²) >= 11 is 9.33. The Morgan fingerprint density at radius 2 is 1.79 bits per heavy atom. The molecule has 0 fully saturated rings. The molecule has 0 spiro atoms. The molecule has 218 valence electrons. The molecule has 1 aliphatic rings. The molecule has 5 rings (SSSR count). The van der Waals surface area contributed by atoms with E-state index in [2.05, 4.69) is 45.8 Å². The lowest BCUT2D eigenvalue weighted by molar-refractivity contribution is -0.138. The van der Waals surface area contributed by atoms with E-state index in [9.17, 15) is 14.7 Å². The van der Waals surface area contributed by atoms with Gasteiger partial charge in [-0.05, 0) is 81.8 Å². The van der Waals surface area contributed by atoms with Crippen LogP contribution in [0.5, 0.6) is 11.5 Å². The Balaban J connectivity index is 1.46. The standard InChI is InChI=1S/C33H25ClINO6S/c1-3-41-33(39)28-29(37)27(43-32(28)36-31(38)23-13-6-7-14-24(23)34)17-19-15-25(35)30(26(16-19)40-2)42-18-21-11-8-10-20-9-4-5-12-22(20)21/h4-17,37H,3,18H2,1-2H3/b27-17-,36-32?. The zero-order valence-electron chi connectivity index (χ0n) is 23.1. The van der Waals surface area contributed by atoms with Crippen molar-refractivity contribution in [2.24, 2.45) is 4.99 Å². The van der Waals surface area contributed by atoms with Gasteiger partial charge >= 0.3 is 5.97 Å². The molecule has 0 aliphatic carbocycles. The fourth-order valence-electron chi connectivity index (χ4n) is 4.46. The predicted molar refractivity (Wildman–Crippen MR) is 179 cm³/mol. The SMILES string of the molecule is CCOC(=O)C1=C(O)/C(=C/c2cc(I)c(OCc3cccc4ccccc34)c(OC)c2)SC1=NC(=O)c1ccccc1Cl. The van der Waals surface area contributed by atoms with Gasteiger partial charge in [-0.3, -0.25) is 4.79 Å². The second kappa shape index (κ2) is 13.7. The monoisotopic (exact) mass is 725 g/mol. The summed E-state index contributed by atoms with van der Waals surface area (Å²) in [6, 6.07) is 24.3. The van der Waals surface area contributed by atoms with E-state index < -0.39 is 11.9 Å². The molecule has 10 heteroatoms. The molecule has 1 heterocycles. The Kier molecular flexibility index (Phi) is 9.74. The van der Waals surface area contributed by atoms with Gasteiger partial charge in [0.15, 0.2) is 11.5 Å². The second-order valence-corrected chi connectivity index (χ2v) is 11.8.